The molecule has 0 unspecified atom stereocenters. The van der Waals surface area contributed by atoms with Gasteiger partial charge in [-0.3, -0.25) is 19.5 Å². The quantitative estimate of drug-likeness (QED) is 0.728. The third-order valence-electron chi connectivity index (χ3n) is 4.89. The molecule has 0 bridgehead atoms. The normalized spacial score (nSPS) is 17.2. The lowest BCUT2D eigenvalue weighted by atomic mass is 10.2. The Kier molecular flexibility index (Phi) is 6.22. The third-order valence-corrected chi connectivity index (χ3v) is 5.89. The number of primary amides is 1. The minimum absolute atomic E-state index is 0.00925. The first-order valence-corrected chi connectivity index (χ1v) is 10.8. The second-order valence-electron chi connectivity index (χ2n) is 7.96. The molecule has 3 rings (SSSR count). The Morgan fingerprint density at radius 2 is 1.77 bits per heavy atom. The maximum atomic E-state index is 13.0. The molecule has 0 aliphatic carbocycles. The van der Waals surface area contributed by atoms with Crippen molar-refractivity contribution in [1.29, 1.82) is 0 Å². The summed E-state index contributed by atoms with van der Waals surface area (Å²) in [5.74, 6) is -0.455. The maximum Gasteiger partial charge on any atom is 0.266 e. The number of amidine groups is 1. The molecule has 1 fully saturated rings. The van der Waals surface area contributed by atoms with Gasteiger partial charge in [0.15, 0.2) is 5.17 Å². The number of rotatable bonds is 5. The van der Waals surface area contributed by atoms with E-state index < -0.39 is 5.91 Å². The molecular weight excluding hydrogens is 396 g/mol. The summed E-state index contributed by atoms with van der Waals surface area (Å²) in [6.07, 6.45) is 1.95. The predicted molar refractivity (Wildman–Crippen MR) is 124 cm³/mol. The number of aromatic nitrogens is 1. The van der Waals surface area contributed by atoms with Gasteiger partial charge in [-0.2, -0.15) is 0 Å². The van der Waals surface area contributed by atoms with Gasteiger partial charge in [0.1, 0.15) is 0 Å². The standard InChI is InChI=1S/C23H28N4O2S/c1-13(2)25-23-26(14(3)4)22(29)20(30-23)12-18-11-15(5)27(16(18)6)19-9-7-17(8-10-19)21(24)28/h7-14H,1-6H3,(H2,24,28)/b20-12+,25-23?. The lowest BCUT2D eigenvalue weighted by Crippen LogP contribution is -2.35. The molecule has 0 atom stereocenters. The summed E-state index contributed by atoms with van der Waals surface area (Å²) < 4.78 is 2.10. The van der Waals surface area contributed by atoms with Crippen molar-refractivity contribution in [3.63, 3.8) is 0 Å². The number of thioether (sulfide) groups is 1. The average molecular weight is 425 g/mol. The number of hydrogen-bond acceptors (Lipinski definition) is 4. The first-order valence-electron chi connectivity index (χ1n) is 10.00. The minimum atomic E-state index is -0.446. The molecule has 2 N–H and O–H groups in total. The van der Waals surface area contributed by atoms with Gasteiger partial charge in [0, 0.05) is 34.7 Å². The fraction of sp³-hybridized carbons (Fsp3) is 0.348. The Balaban J connectivity index is 2.00. The molecule has 2 aromatic rings. The number of nitrogens with two attached hydrogens (primary N) is 1. The first-order chi connectivity index (χ1) is 14.1. The van der Waals surface area contributed by atoms with E-state index in [4.69, 9.17) is 5.73 Å². The van der Waals surface area contributed by atoms with Crippen LogP contribution in [0.1, 0.15) is 55.0 Å². The second kappa shape index (κ2) is 8.52. The van der Waals surface area contributed by atoms with Crippen LogP contribution >= 0.6 is 11.8 Å². The summed E-state index contributed by atoms with van der Waals surface area (Å²) in [5.41, 5.74) is 9.80. The summed E-state index contributed by atoms with van der Waals surface area (Å²) >= 11 is 1.43. The summed E-state index contributed by atoms with van der Waals surface area (Å²) in [6.45, 7) is 12.1. The van der Waals surface area contributed by atoms with Gasteiger partial charge in [0.05, 0.1) is 4.91 Å². The van der Waals surface area contributed by atoms with E-state index in [1.165, 1.54) is 11.8 Å². The van der Waals surface area contributed by atoms with Crippen LogP contribution in [-0.2, 0) is 4.79 Å². The van der Waals surface area contributed by atoms with Crippen LogP contribution in [-0.4, -0.2) is 38.5 Å². The SMILES string of the molecule is Cc1cc(/C=C2/SC(=NC(C)C)N(C(C)C)C2=O)c(C)n1-c1ccc(C(N)=O)cc1. The molecule has 0 radical (unpaired) electrons. The van der Waals surface area contributed by atoms with Crippen LogP contribution in [0, 0.1) is 13.8 Å². The smallest absolute Gasteiger partial charge is 0.266 e. The number of hydrogen-bond donors (Lipinski definition) is 1. The molecule has 0 spiro atoms. The van der Waals surface area contributed by atoms with Gasteiger partial charge >= 0.3 is 0 Å². The fourth-order valence-corrected chi connectivity index (χ4v) is 4.72. The van der Waals surface area contributed by atoms with Crippen LogP contribution in [0.25, 0.3) is 11.8 Å². The topological polar surface area (TPSA) is 80.7 Å². The van der Waals surface area contributed by atoms with Crippen LogP contribution in [0.4, 0.5) is 0 Å². The fourth-order valence-electron chi connectivity index (χ4n) is 3.50. The summed E-state index contributed by atoms with van der Waals surface area (Å²) in [4.78, 5) is 31.4. The van der Waals surface area contributed by atoms with Crippen molar-refractivity contribution < 1.29 is 9.59 Å². The van der Waals surface area contributed by atoms with E-state index in [0.717, 1.165) is 27.8 Å². The van der Waals surface area contributed by atoms with E-state index in [0.29, 0.717) is 10.5 Å². The van der Waals surface area contributed by atoms with Gasteiger partial charge in [-0.1, -0.05) is 0 Å². The van der Waals surface area contributed by atoms with Crippen LogP contribution in [0.5, 0.6) is 0 Å². The minimum Gasteiger partial charge on any atom is -0.366 e. The van der Waals surface area contributed by atoms with Crippen LogP contribution in [0.3, 0.4) is 0 Å². The van der Waals surface area contributed by atoms with E-state index in [1.54, 1.807) is 17.0 Å². The molecule has 7 heteroatoms. The van der Waals surface area contributed by atoms with Gasteiger partial charge in [0.2, 0.25) is 5.91 Å². The highest BCUT2D eigenvalue weighted by Gasteiger charge is 2.35. The molecule has 30 heavy (non-hydrogen) atoms. The van der Waals surface area contributed by atoms with Gasteiger partial charge in [-0.15, -0.1) is 0 Å². The van der Waals surface area contributed by atoms with Crippen LogP contribution in [0.2, 0.25) is 0 Å². The van der Waals surface area contributed by atoms with E-state index >= 15 is 0 Å². The molecule has 6 nitrogen and oxygen atoms in total. The Morgan fingerprint density at radius 3 is 2.30 bits per heavy atom. The molecule has 1 aromatic carbocycles. The first kappa shape index (κ1) is 21.9. The third kappa shape index (κ3) is 4.21. The van der Waals surface area contributed by atoms with Crippen molar-refractivity contribution >= 4 is 34.8 Å². The summed E-state index contributed by atoms with van der Waals surface area (Å²) in [6, 6.07) is 9.43. The average Bonchev–Trinajstić information content (AvgIpc) is 3.10. The molecule has 1 aliphatic heterocycles. The number of benzene rings is 1. The summed E-state index contributed by atoms with van der Waals surface area (Å²) in [7, 11) is 0. The zero-order chi connectivity index (χ0) is 22.2. The number of nitrogens with zero attached hydrogens (tertiary/aromatic N) is 3. The molecule has 1 aliphatic rings. The highest BCUT2D eigenvalue weighted by molar-refractivity contribution is 8.18. The maximum absolute atomic E-state index is 13.0. The monoisotopic (exact) mass is 424 g/mol. The number of carbonyl (C=O) groups is 2. The van der Waals surface area contributed by atoms with E-state index in [9.17, 15) is 9.59 Å². The molecular formula is C23H28N4O2S. The Hall–Kier alpha value is -2.80. The van der Waals surface area contributed by atoms with Gasteiger partial charge in [0.25, 0.3) is 5.91 Å². The Morgan fingerprint density at radius 1 is 1.13 bits per heavy atom. The van der Waals surface area contributed by atoms with Crippen LogP contribution < -0.4 is 5.73 Å². The highest BCUT2D eigenvalue weighted by atomic mass is 32.2. The van der Waals surface area contributed by atoms with Crippen molar-refractivity contribution in [2.24, 2.45) is 10.7 Å². The molecule has 2 amide bonds. The largest absolute Gasteiger partial charge is 0.366 e. The molecule has 1 saturated heterocycles. The molecule has 0 saturated carbocycles. The molecule has 158 valence electrons. The van der Waals surface area contributed by atoms with E-state index in [1.807, 2.05) is 59.8 Å². The van der Waals surface area contributed by atoms with Gasteiger partial charge in [-0.25, -0.2) is 0 Å². The van der Waals surface area contributed by atoms with Crippen LogP contribution in [0.15, 0.2) is 40.2 Å². The predicted octanol–water partition coefficient (Wildman–Crippen LogP) is 4.28. The second-order valence-corrected chi connectivity index (χ2v) is 8.97. The number of aryl methyl sites for hydroxylation is 1. The van der Waals surface area contributed by atoms with Crippen molar-refractivity contribution in [2.75, 3.05) is 0 Å². The number of aliphatic imine (C=N–C) groups is 1. The number of carbonyl (C=O) groups excluding carboxylic acids is 2. The number of amides is 2. The zero-order valence-corrected chi connectivity index (χ0v) is 19.1. The zero-order valence-electron chi connectivity index (χ0n) is 18.3. The highest BCUT2D eigenvalue weighted by Crippen LogP contribution is 2.35. The molecule has 2 heterocycles. The lowest BCUT2D eigenvalue weighted by Gasteiger charge is -2.20. The molecule has 1 aromatic heterocycles. The summed E-state index contributed by atoms with van der Waals surface area (Å²) in [5, 5.41) is 0.757. The van der Waals surface area contributed by atoms with Gasteiger partial charge in [-0.05, 0) is 95.3 Å². The lowest BCUT2D eigenvalue weighted by molar-refractivity contribution is -0.123. The van der Waals surface area contributed by atoms with E-state index in [-0.39, 0.29) is 18.0 Å². The van der Waals surface area contributed by atoms with Gasteiger partial charge < -0.3 is 10.3 Å². The van der Waals surface area contributed by atoms with Crippen molar-refractivity contribution in [1.82, 2.24) is 9.47 Å². The van der Waals surface area contributed by atoms with Crippen molar-refractivity contribution in [3.05, 3.63) is 57.8 Å². The van der Waals surface area contributed by atoms with Crippen molar-refractivity contribution in [2.45, 2.75) is 53.6 Å². The Bertz CT molecular complexity index is 1050. The van der Waals surface area contributed by atoms with E-state index in [2.05, 4.69) is 15.6 Å². The Labute approximate surface area is 181 Å². The van der Waals surface area contributed by atoms with Crippen molar-refractivity contribution in [3.8, 4) is 5.69 Å².